The highest BCUT2D eigenvalue weighted by atomic mass is 32.1. The Labute approximate surface area is 103 Å². The predicted octanol–water partition coefficient (Wildman–Crippen LogP) is 2.80. The van der Waals surface area contributed by atoms with E-state index in [9.17, 15) is 0 Å². The van der Waals surface area contributed by atoms with Gasteiger partial charge >= 0.3 is 0 Å². The third-order valence-electron chi connectivity index (χ3n) is 2.46. The maximum absolute atomic E-state index is 5.25. The Hall–Kier alpha value is -1.09. The molecule has 2 nitrogen and oxygen atoms in total. The summed E-state index contributed by atoms with van der Waals surface area (Å²) in [6.07, 6.45) is 1.08. The molecule has 0 aliphatic rings. The van der Waals surface area contributed by atoms with Crippen molar-refractivity contribution in [3.05, 3.63) is 35.9 Å². The monoisotopic (exact) mass is 236 g/mol. The van der Waals surface area contributed by atoms with Gasteiger partial charge in [-0.15, -0.1) is 0 Å². The number of hydrogen-bond donors (Lipinski definition) is 2. The Bertz CT molecular complexity index is 333. The second-order valence-electron chi connectivity index (χ2n) is 4.37. The largest absolute Gasteiger partial charge is 0.363 e. The summed E-state index contributed by atoms with van der Waals surface area (Å²) >= 11 is 5.25. The fraction of sp³-hybridized carbons (Fsp3) is 0.462. The molecule has 0 atom stereocenters. The molecule has 16 heavy (non-hydrogen) atoms. The molecule has 0 aromatic heterocycles. The third-order valence-corrected chi connectivity index (χ3v) is 2.70. The van der Waals surface area contributed by atoms with Crippen LogP contribution in [0.3, 0.4) is 0 Å². The summed E-state index contributed by atoms with van der Waals surface area (Å²) in [6, 6.07) is 10.3. The van der Waals surface area contributed by atoms with Crippen LogP contribution in [0.4, 0.5) is 0 Å². The number of nitrogens with one attached hydrogen (secondary N) is 2. The minimum absolute atomic E-state index is 0.140. The van der Waals surface area contributed by atoms with E-state index in [1.807, 2.05) is 18.2 Å². The average molecular weight is 236 g/mol. The molecule has 0 aliphatic carbocycles. The van der Waals surface area contributed by atoms with E-state index in [4.69, 9.17) is 12.2 Å². The van der Waals surface area contributed by atoms with Crippen LogP contribution in [0.15, 0.2) is 30.3 Å². The molecule has 3 heteroatoms. The minimum atomic E-state index is -0.140. The molecule has 0 fully saturated rings. The lowest BCUT2D eigenvalue weighted by atomic mass is 9.95. The number of rotatable bonds is 4. The highest BCUT2D eigenvalue weighted by molar-refractivity contribution is 7.80. The van der Waals surface area contributed by atoms with Crippen molar-refractivity contribution in [1.82, 2.24) is 10.6 Å². The fourth-order valence-electron chi connectivity index (χ4n) is 1.49. The molecule has 0 aliphatic heterocycles. The standard InChI is InChI=1S/C13H20N2S/c1-4-10-14-12(16)15-13(2,3)11-8-6-5-7-9-11/h5-9H,4,10H2,1-3H3,(H2,14,15,16). The van der Waals surface area contributed by atoms with Crippen molar-refractivity contribution >= 4 is 17.3 Å². The summed E-state index contributed by atoms with van der Waals surface area (Å²) in [6.45, 7) is 7.29. The Morgan fingerprint density at radius 2 is 1.88 bits per heavy atom. The van der Waals surface area contributed by atoms with Crippen LogP contribution in [0.1, 0.15) is 32.8 Å². The molecule has 1 aromatic rings. The first-order valence-corrected chi connectivity index (χ1v) is 6.08. The quantitative estimate of drug-likeness (QED) is 0.786. The van der Waals surface area contributed by atoms with Crippen LogP contribution in [0.25, 0.3) is 0 Å². The van der Waals surface area contributed by atoms with Gasteiger partial charge in [-0.3, -0.25) is 0 Å². The zero-order chi connectivity index (χ0) is 12.0. The van der Waals surface area contributed by atoms with Crippen LogP contribution in [0, 0.1) is 0 Å². The molecule has 0 saturated heterocycles. The zero-order valence-electron chi connectivity index (χ0n) is 10.2. The molecular weight excluding hydrogens is 216 g/mol. The molecular formula is C13H20N2S. The van der Waals surface area contributed by atoms with Gasteiger partial charge in [0.15, 0.2) is 5.11 Å². The maximum atomic E-state index is 5.25. The van der Waals surface area contributed by atoms with E-state index in [0.29, 0.717) is 0 Å². The molecule has 1 aromatic carbocycles. The van der Waals surface area contributed by atoms with E-state index in [1.54, 1.807) is 0 Å². The second-order valence-corrected chi connectivity index (χ2v) is 4.78. The van der Waals surface area contributed by atoms with Crippen LogP contribution in [0.5, 0.6) is 0 Å². The number of hydrogen-bond acceptors (Lipinski definition) is 1. The molecule has 0 bridgehead atoms. The van der Waals surface area contributed by atoms with Gasteiger partial charge in [0.2, 0.25) is 0 Å². The second kappa shape index (κ2) is 5.85. The lowest BCUT2D eigenvalue weighted by molar-refractivity contribution is 0.482. The Morgan fingerprint density at radius 3 is 2.44 bits per heavy atom. The summed E-state index contributed by atoms with van der Waals surface area (Å²) in [5.74, 6) is 0. The van der Waals surface area contributed by atoms with Crippen LogP contribution in [-0.4, -0.2) is 11.7 Å². The average Bonchev–Trinajstić information content (AvgIpc) is 2.27. The van der Waals surface area contributed by atoms with Gasteiger partial charge in [0, 0.05) is 6.54 Å². The molecule has 0 heterocycles. The lowest BCUT2D eigenvalue weighted by Gasteiger charge is -2.28. The molecule has 1 rings (SSSR count). The van der Waals surface area contributed by atoms with E-state index in [0.717, 1.165) is 18.1 Å². The minimum Gasteiger partial charge on any atom is -0.363 e. The Kier molecular flexibility index (Phi) is 4.74. The van der Waals surface area contributed by atoms with Gasteiger partial charge in [-0.25, -0.2) is 0 Å². The van der Waals surface area contributed by atoms with Gasteiger partial charge < -0.3 is 10.6 Å². The Balaban J connectivity index is 2.61. The van der Waals surface area contributed by atoms with Crippen LogP contribution >= 0.6 is 12.2 Å². The van der Waals surface area contributed by atoms with E-state index in [1.165, 1.54) is 5.56 Å². The first kappa shape index (κ1) is 13.0. The van der Waals surface area contributed by atoms with Gasteiger partial charge in [0.1, 0.15) is 0 Å². The highest BCUT2D eigenvalue weighted by Gasteiger charge is 2.20. The van der Waals surface area contributed by atoms with Crippen molar-refractivity contribution in [2.24, 2.45) is 0 Å². The fourth-order valence-corrected chi connectivity index (χ4v) is 1.85. The first-order valence-electron chi connectivity index (χ1n) is 5.68. The number of benzene rings is 1. The van der Waals surface area contributed by atoms with Crippen LogP contribution in [-0.2, 0) is 5.54 Å². The third kappa shape index (κ3) is 3.81. The van der Waals surface area contributed by atoms with Gasteiger partial charge in [-0.2, -0.15) is 0 Å². The maximum Gasteiger partial charge on any atom is 0.166 e. The zero-order valence-corrected chi connectivity index (χ0v) is 11.0. The van der Waals surface area contributed by atoms with Gasteiger partial charge in [0.05, 0.1) is 5.54 Å². The summed E-state index contributed by atoms with van der Waals surface area (Å²) in [5.41, 5.74) is 1.09. The van der Waals surface area contributed by atoms with Crippen molar-refractivity contribution < 1.29 is 0 Å². The van der Waals surface area contributed by atoms with E-state index in [2.05, 4.69) is 43.5 Å². The first-order chi connectivity index (χ1) is 7.56. The highest BCUT2D eigenvalue weighted by Crippen LogP contribution is 2.18. The summed E-state index contributed by atoms with van der Waals surface area (Å²) in [5, 5.41) is 7.22. The van der Waals surface area contributed by atoms with Gasteiger partial charge in [-0.1, -0.05) is 37.3 Å². The lowest BCUT2D eigenvalue weighted by Crippen LogP contribution is -2.46. The summed E-state index contributed by atoms with van der Waals surface area (Å²) < 4.78 is 0. The van der Waals surface area contributed by atoms with E-state index >= 15 is 0 Å². The van der Waals surface area contributed by atoms with Crippen molar-refractivity contribution in [2.75, 3.05) is 6.54 Å². The van der Waals surface area contributed by atoms with Crippen LogP contribution in [0.2, 0.25) is 0 Å². The molecule has 0 unspecified atom stereocenters. The van der Waals surface area contributed by atoms with Gasteiger partial charge in [0.25, 0.3) is 0 Å². The van der Waals surface area contributed by atoms with Crippen molar-refractivity contribution in [3.63, 3.8) is 0 Å². The van der Waals surface area contributed by atoms with Crippen molar-refractivity contribution in [1.29, 1.82) is 0 Å². The SMILES string of the molecule is CCCNC(=S)NC(C)(C)c1ccccc1. The molecule has 0 amide bonds. The van der Waals surface area contributed by atoms with E-state index < -0.39 is 0 Å². The molecule has 0 saturated carbocycles. The van der Waals surface area contributed by atoms with Crippen LogP contribution < -0.4 is 10.6 Å². The normalized spacial score (nSPS) is 10.9. The summed E-state index contributed by atoms with van der Waals surface area (Å²) in [4.78, 5) is 0. The molecule has 2 N–H and O–H groups in total. The molecule has 0 spiro atoms. The Morgan fingerprint density at radius 1 is 1.25 bits per heavy atom. The number of thiocarbonyl (C=S) groups is 1. The smallest absolute Gasteiger partial charge is 0.166 e. The molecule has 88 valence electrons. The van der Waals surface area contributed by atoms with Crippen molar-refractivity contribution in [2.45, 2.75) is 32.7 Å². The summed E-state index contributed by atoms with van der Waals surface area (Å²) in [7, 11) is 0. The topological polar surface area (TPSA) is 24.1 Å². The molecule has 0 radical (unpaired) electrons. The van der Waals surface area contributed by atoms with Crippen molar-refractivity contribution in [3.8, 4) is 0 Å². The predicted molar refractivity (Wildman–Crippen MR) is 73.5 cm³/mol. The van der Waals surface area contributed by atoms with E-state index in [-0.39, 0.29) is 5.54 Å². The van der Waals surface area contributed by atoms with Gasteiger partial charge in [-0.05, 0) is 38.0 Å².